The van der Waals surface area contributed by atoms with Gasteiger partial charge in [0, 0.05) is 12.7 Å². The van der Waals surface area contributed by atoms with E-state index < -0.39 is 29.4 Å². The molecule has 1 amide bonds. The Balaban J connectivity index is 1.98. The summed E-state index contributed by atoms with van der Waals surface area (Å²) >= 11 is 0. The van der Waals surface area contributed by atoms with Crippen molar-refractivity contribution >= 4 is 5.91 Å². The first-order chi connectivity index (χ1) is 10.4. The first-order valence-electron chi connectivity index (χ1n) is 7.38. The number of aliphatic hydroxyl groups is 1. The molecule has 1 aliphatic carbocycles. The predicted octanol–water partition coefficient (Wildman–Crippen LogP) is 2.77. The molecule has 0 aromatic carbocycles. The van der Waals surface area contributed by atoms with Gasteiger partial charge in [-0.2, -0.15) is 13.2 Å². The van der Waals surface area contributed by atoms with Crippen LogP contribution in [-0.4, -0.2) is 28.6 Å². The molecule has 22 heavy (non-hydrogen) atoms. The monoisotopic (exact) mass is 316 g/mol. The Labute approximate surface area is 126 Å². The Morgan fingerprint density at radius 3 is 2.68 bits per heavy atom. The van der Waals surface area contributed by atoms with Gasteiger partial charge in [0.15, 0.2) is 0 Å². The van der Waals surface area contributed by atoms with Crippen LogP contribution >= 0.6 is 0 Å². The fraction of sp³-hybridized carbons (Fsp3) is 0.600. The molecule has 7 heteroatoms. The van der Waals surface area contributed by atoms with Crippen LogP contribution in [0.15, 0.2) is 18.3 Å². The average Bonchev–Trinajstić information content (AvgIpc) is 2.52. The summed E-state index contributed by atoms with van der Waals surface area (Å²) in [5, 5.41) is 12.4. The topological polar surface area (TPSA) is 62.2 Å². The zero-order chi connectivity index (χ0) is 16.2. The fourth-order valence-corrected chi connectivity index (χ4v) is 2.78. The third kappa shape index (κ3) is 4.19. The van der Waals surface area contributed by atoms with Gasteiger partial charge < -0.3 is 10.4 Å². The van der Waals surface area contributed by atoms with Gasteiger partial charge in [-0.05, 0) is 30.9 Å². The van der Waals surface area contributed by atoms with Gasteiger partial charge >= 0.3 is 6.18 Å². The molecule has 1 aromatic rings. The van der Waals surface area contributed by atoms with E-state index >= 15 is 0 Å². The zero-order valence-electron chi connectivity index (χ0n) is 12.1. The third-order valence-electron chi connectivity index (χ3n) is 3.99. The Bertz CT molecular complexity index is 514. The van der Waals surface area contributed by atoms with E-state index in [2.05, 4.69) is 10.3 Å². The van der Waals surface area contributed by atoms with Gasteiger partial charge in [-0.3, -0.25) is 9.78 Å². The fourth-order valence-electron chi connectivity index (χ4n) is 2.78. The van der Waals surface area contributed by atoms with E-state index in [0.29, 0.717) is 0 Å². The highest BCUT2D eigenvalue weighted by molar-refractivity contribution is 5.93. The minimum absolute atomic E-state index is 0.0582. The number of halogens is 3. The Kier molecular flexibility index (Phi) is 5.39. The number of aromatic nitrogens is 1. The number of hydrogen-bond donors (Lipinski definition) is 2. The van der Waals surface area contributed by atoms with Crippen molar-refractivity contribution in [3.05, 3.63) is 29.6 Å². The highest BCUT2D eigenvalue weighted by Gasteiger charge is 2.36. The number of nitrogens with zero attached hydrogens (tertiary/aromatic N) is 1. The van der Waals surface area contributed by atoms with E-state index in [1.54, 1.807) is 0 Å². The molecule has 2 N–H and O–H groups in total. The lowest BCUT2D eigenvalue weighted by atomic mass is 9.85. The molecule has 4 nitrogen and oxygen atoms in total. The molecule has 1 aliphatic rings. The maximum absolute atomic E-state index is 12.8. The summed E-state index contributed by atoms with van der Waals surface area (Å²) in [5.74, 6) is -0.817. The SMILES string of the molecule is O=C(NCC(O)C1CCCCC1)c1ncccc1C(F)(F)F. The normalized spacial score (nSPS) is 18.0. The van der Waals surface area contributed by atoms with E-state index in [-0.39, 0.29) is 12.5 Å². The zero-order valence-corrected chi connectivity index (χ0v) is 12.1. The van der Waals surface area contributed by atoms with Gasteiger partial charge in [0.05, 0.1) is 11.7 Å². The molecule has 0 aliphatic heterocycles. The number of nitrogens with one attached hydrogen (secondary N) is 1. The van der Waals surface area contributed by atoms with Crippen LogP contribution in [0.2, 0.25) is 0 Å². The number of rotatable bonds is 4. The summed E-state index contributed by atoms with van der Waals surface area (Å²) in [7, 11) is 0. The minimum atomic E-state index is -4.64. The molecule has 1 unspecified atom stereocenters. The molecule has 0 bridgehead atoms. The predicted molar refractivity (Wildman–Crippen MR) is 74.2 cm³/mol. The standard InChI is InChI=1S/C15H19F3N2O2/c16-15(17,18)11-7-4-8-19-13(11)14(22)20-9-12(21)10-5-2-1-3-6-10/h4,7-8,10,12,21H,1-3,5-6,9H2,(H,20,22). The molecular formula is C15H19F3N2O2. The van der Waals surface area contributed by atoms with Crippen LogP contribution in [0, 0.1) is 5.92 Å². The number of hydrogen-bond acceptors (Lipinski definition) is 3. The van der Waals surface area contributed by atoms with Gasteiger partial charge in [0.1, 0.15) is 5.69 Å². The summed E-state index contributed by atoms with van der Waals surface area (Å²) < 4.78 is 38.5. The molecule has 1 aromatic heterocycles. The smallest absolute Gasteiger partial charge is 0.391 e. The molecule has 0 saturated heterocycles. The first-order valence-corrected chi connectivity index (χ1v) is 7.38. The Morgan fingerprint density at radius 2 is 2.05 bits per heavy atom. The largest absolute Gasteiger partial charge is 0.418 e. The number of alkyl halides is 3. The van der Waals surface area contributed by atoms with Gasteiger partial charge in [-0.25, -0.2) is 0 Å². The van der Waals surface area contributed by atoms with Crippen molar-refractivity contribution in [3.8, 4) is 0 Å². The molecule has 0 radical (unpaired) electrons. The van der Waals surface area contributed by atoms with Crippen molar-refractivity contribution in [2.75, 3.05) is 6.54 Å². The van der Waals surface area contributed by atoms with E-state index in [1.807, 2.05) is 0 Å². The molecule has 1 atom stereocenters. The summed E-state index contributed by atoms with van der Waals surface area (Å²) in [6.45, 7) is -0.0582. The molecule has 0 spiro atoms. The second-order valence-electron chi connectivity index (χ2n) is 5.57. The molecule has 122 valence electrons. The van der Waals surface area contributed by atoms with Gasteiger partial charge in [0.2, 0.25) is 0 Å². The number of carbonyl (C=O) groups is 1. The van der Waals surface area contributed by atoms with E-state index in [0.717, 1.165) is 50.4 Å². The van der Waals surface area contributed by atoms with Gasteiger partial charge in [-0.1, -0.05) is 19.3 Å². The Morgan fingerprint density at radius 1 is 1.36 bits per heavy atom. The van der Waals surface area contributed by atoms with Gasteiger partial charge in [-0.15, -0.1) is 0 Å². The highest BCUT2D eigenvalue weighted by atomic mass is 19.4. The third-order valence-corrected chi connectivity index (χ3v) is 3.99. The van der Waals surface area contributed by atoms with Gasteiger partial charge in [0.25, 0.3) is 5.91 Å². The summed E-state index contributed by atoms with van der Waals surface area (Å²) in [5.41, 5.74) is -1.73. The van der Waals surface area contributed by atoms with E-state index in [9.17, 15) is 23.1 Å². The summed E-state index contributed by atoms with van der Waals surface area (Å²) in [6.07, 6.45) is 0.746. The van der Waals surface area contributed by atoms with Crippen LogP contribution in [0.5, 0.6) is 0 Å². The van der Waals surface area contributed by atoms with E-state index in [4.69, 9.17) is 0 Å². The minimum Gasteiger partial charge on any atom is -0.391 e. The maximum atomic E-state index is 12.8. The van der Waals surface area contributed by atoms with Crippen LogP contribution < -0.4 is 5.32 Å². The van der Waals surface area contributed by atoms with Crippen LogP contribution in [0.1, 0.15) is 48.2 Å². The van der Waals surface area contributed by atoms with Crippen molar-refractivity contribution in [3.63, 3.8) is 0 Å². The highest BCUT2D eigenvalue weighted by Crippen LogP contribution is 2.31. The molecule has 1 heterocycles. The Hall–Kier alpha value is -1.63. The molecule has 2 rings (SSSR count). The van der Waals surface area contributed by atoms with Crippen LogP contribution in [0.3, 0.4) is 0 Å². The lowest BCUT2D eigenvalue weighted by Gasteiger charge is -2.26. The van der Waals surface area contributed by atoms with E-state index in [1.165, 1.54) is 0 Å². The summed E-state index contributed by atoms with van der Waals surface area (Å²) in [4.78, 5) is 15.4. The second kappa shape index (κ2) is 7.09. The summed E-state index contributed by atoms with van der Waals surface area (Å²) in [6, 6.07) is 1.95. The van der Waals surface area contributed by atoms with Crippen LogP contribution in [0.25, 0.3) is 0 Å². The lowest BCUT2D eigenvalue weighted by Crippen LogP contribution is -2.38. The maximum Gasteiger partial charge on any atom is 0.418 e. The molecule has 1 fully saturated rings. The molecular weight excluding hydrogens is 297 g/mol. The van der Waals surface area contributed by atoms with Crippen LogP contribution in [0.4, 0.5) is 13.2 Å². The first kappa shape index (κ1) is 16.7. The number of pyridine rings is 1. The van der Waals surface area contributed by atoms with Crippen LogP contribution in [-0.2, 0) is 6.18 Å². The second-order valence-corrected chi connectivity index (χ2v) is 5.57. The van der Waals surface area contributed by atoms with Crippen molar-refractivity contribution in [1.29, 1.82) is 0 Å². The lowest BCUT2D eigenvalue weighted by molar-refractivity contribution is -0.138. The quantitative estimate of drug-likeness (QED) is 0.898. The van der Waals surface area contributed by atoms with Crippen molar-refractivity contribution in [1.82, 2.24) is 10.3 Å². The number of amides is 1. The van der Waals surface area contributed by atoms with Crippen molar-refractivity contribution in [2.45, 2.75) is 44.4 Å². The average molecular weight is 316 g/mol. The number of aliphatic hydroxyl groups excluding tert-OH is 1. The van der Waals surface area contributed by atoms with Crippen molar-refractivity contribution in [2.24, 2.45) is 5.92 Å². The molecule has 1 saturated carbocycles. The number of carbonyl (C=O) groups excluding carboxylic acids is 1. The van der Waals surface area contributed by atoms with Crippen molar-refractivity contribution < 1.29 is 23.1 Å².